The molecule has 0 atom stereocenters. The second kappa shape index (κ2) is 4.98. The van der Waals surface area contributed by atoms with E-state index in [0.717, 1.165) is 0 Å². The average Bonchev–Trinajstić information content (AvgIpc) is 2.80. The van der Waals surface area contributed by atoms with Gasteiger partial charge in [-0.2, -0.15) is 0 Å². The lowest BCUT2D eigenvalue weighted by atomic mass is 10.1. The average molecular weight is 315 g/mol. The molecule has 1 aromatic carbocycles. The van der Waals surface area contributed by atoms with Gasteiger partial charge < -0.3 is 4.74 Å². The number of hydrogen-bond donors (Lipinski definition) is 0. The van der Waals surface area contributed by atoms with Crippen molar-refractivity contribution in [2.45, 2.75) is 0 Å². The number of halogens is 2. The fraction of sp³-hybridized carbons (Fsp3) is 0.0833. The quantitative estimate of drug-likeness (QED) is 0.803. The number of carbonyl (C=O) groups excluding carboxylic acids is 1. The molecule has 17 heavy (non-hydrogen) atoms. The van der Waals surface area contributed by atoms with Crippen molar-refractivity contribution < 1.29 is 13.9 Å². The SMILES string of the molecule is COc1csc(C(=O)c2cc(Br)ccc2F)c1. The van der Waals surface area contributed by atoms with E-state index in [1.807, 2.05) is 0 Å². The van der Waals surface area contributed by atoms with Gasteiger partial charge in [0.1, 0.15) is 11.6 Å². The van der Waals surface area contributed by atoms with Crippen LogP contribution in [-0.4, -0.2) is 12.9 Å². The molecule has 0 aliphatic rings. The maximum absolute atomic E-state index is 13.5. The zero-order valence-electron chi connectivity index (χ0n) is 8.87. The van der Waals surface area contributed by atoms with Crippen LogP contribution in [0.4, 0.5) is 4.39 Å². The van der Waals surface area contributed by atoms with Crippen molar-refractivity contribution in [3.8, 4) is 5.75 Å². The predicted octanol–water partition coefficient (Wildman–Crippen LogP) is 3.89. The van der Waals surface area contributed by atoms with Gasteiger partial charge in [0, 0.05) is 15.9 Å². The third-order valence-electron chi connectivity index (χ3n) is 2.21. The minimum absolute atomic E-state index is 0.0591. The van der Waals surface area contributed by atoms with Crippen LogP contribution in [0.15, 0.2) is 34.1 Å². The molecule has 0 saturated carbocycles. The molecule has 0 fully saturated rings. The van der Waals surface area contributed by atoms with Crippen molar-refractivity contribution in [2.24, 2.45) is 0 Å². The Morgan fingerprint density at radius 2 is 2.18 bits per heavy atom. The van der Waals surface area contributed by atoms with Crippen molar-refractivity contribution in [3.05, 3.63) is 50.4 Å². The molecule has 5 heteroatoms. The molecular formula is C12H8BrFO2S. The van der Waals surface area contributed by atoms with Crippen molar-refractivity contribution in [3.63, 3.8) is 0 Å². The fourth-order valence-electron chi connectivity index (χ4n) is 1.35. The van der Waals surface area contributed by atoms with Crippen molar-refractivity contribution >= 4 is 33.0 Å². The first-order valence-corrected chi connectivity index (χ1v) is 6.41. The van der Waals surface area contributed by atoms with Crippen LogP contribution in [0.1, 0.15) is 15.2 Å². The van der Waals surface area contributed by atoms with Gasteiger partial charge in [0.2, 0.25) is 5.78 Å². The first-order chi connectivity index (χ1) is 8.11. The summed E-state index contributed by atoms with van der Waals surface area (Å²) in [7, 11) is 1.52. The number of rotatable bonds is 3. The van der Waals surface area contributed by atoms with E-state index in [1.165, 1.54) is 30.6 Å². The second-order valence-electron chi connectivity index (χ2n) is 3.30. The monoisotopic (exact) mass is 314 g/mol. The Balaban J connectivity index is 2.39. The normalized spacial score (nSPS) is 10.3. The molecule has 0 saturated heterocycles. The Hall–Kier alpha value is -1.20. The van der Waals surface area contributed by atoms with Crippen LogP contribution in [0.2, 0.25) is 0 Å². The summed E-state index contributed by atoms with van der Waals surface area (Å²) in [4.78, 5) is 12.5. The smallest absolute Gasteiger partial charge is 0.206 e. The summed E-state index contributed by atoms with van der Waals surface area (Å²) in [6.07, 6.45) is 0. The summed E-state index contributed by atoms with van der Waals surface area (Å²) < 4.78 is 19.2. The van der Waals surface area contributed by atoms with Gasteiger partial charge >= 0.3 is 0 Å². The molecule has 0 N–H and O–H groups in total. The van der Waals surface area contributed by atoms with Crippen molar-refractivity contribution in [2.75, 3.05) is 7.11 Å². The molecular weight excluding hydrogens is 307 g/mol. The van der Waals surface area contributed by atoms with Gasteiger partial charge in [-0.25, -0.2) is 4.39 Å². The first kappa shape index (κ1) is 12.3. The lowest BCUT2D eigenvalue weighted by Gasteiger charge is -2.01. The molecule has 88 valence electrons. The molecule has 0 amide bonds. The number of methoxy groups -OCH3 is 1. The molecule has 0 radical (unpaired) electrons. The number of ketones is 1. The summed E-state index contributed by atoms with van der Waals surface area (Å²) in [6.45, 7) is 0. The van der Waals surface area contributed by atoms with E-state index in [0.29, 0.717) is 15.1 Å². The number of hydrogen-bond acceptors (Lipinski definition) is 3. The van der Waals surface area contributed by atoms with Gasteiger partial charge in [-0.15, -0.1) is 11.3 Å². The van der Waals surface area contributed by atoms with Crippen LogP contribution >= 0.6 is 27.3 Å². The summed E-state index contributed by atoms with van der Waals surface area (Å²) in [6, 6.07) is 5.90. The third kappa shape index (κ3) is 2.56. The van der Waals surface area contributed by atoms with E-state index in [4.69, 9.17) is 4.74 Å². The molecule has 1 heterocycles. The zero-order chi connectivity index (χ0) is 12.4. The van der Waals surface area contributed by atoms with Gasteiger partial charge in [0.15, 0.2) is 0 Å². The molecule has 1 aromatic heterocycles. The van der Waals surface area contributed by atoms with E-state index in [9.17, 15) is 9.18 Å². The van der Waals surface area contributed by atoms with Gasteiger partial charge in [-0.05, 0) is 18.2 Å². The molecule has 0 aliphatic carbocycles. The highest BCUT2D eigenvalue weighted by Gasteiger charge is 2.16. The number of ether oxygens (including phenoxy) is 1. The lowest BCUT2D eigenvalue weighted by molar-refractivity contribution is 0.103. The Bertz CT molecular complexity index is 565. The standard InChI is InChI=1S/C12H8BrFO2S/c1-16-8-5-11(17-6-8)12(15)9-4-7(13)2-3-10(9)14/h2-6H,1H3. The second-order valence-corrected chi connectivity index (χ2v) is 5.13. The van der Waals surface area contributed by atoms with Crippen LogP contribution in [0, 0.1) is 5.82 Å². The van der Waals surface area contributed by atoms with Gasteiger partial charge in [0.25, 0.3) is 0 Å². The summed E-state index contributed by atoms with van der Waals surface area (Å²) in [5, 5.41) is 1.71. The van der Waals surface area contributed by atoms with Crippen LogP contribution in [0.5, 0.6) is 5.75 Å². The molecule has 0 unspecified atom stereocenters. The Morgan fingerprint density at radius 3 is 2.82 bits per heavy atom. The molecule has 0 spiro atoms. The Labute approximate surface area is 110 Å². The van der Waals surface area contributed by atoms with Crippen LogP contribution in [0.3, 0.4) is 0 Å². The summed E-state index contributed by atoms with van der Waals surface area (Å²) in [5.41, 5.74) is 0.0591. The number of benzene rings is 1. The van der Waals surface area contributed by atoms with E-state index in [1.54, 1.807) is 17.5 Å². The summed E-state index contributed by atoms with van der Waals surface area (Å²) in [5.74, 6) is -0.253. The summed E-state index contributed by atoms with van der Waals surface area (Å²) >= 11 is 4.45. The van der Waals surface area contributed by atoms with Crippen LogP contribution < -0.4 is 4.74 Å². The van der Waals surface area contributed by atoms with Gasteiger partial charge in [-0.1, -0.05) is 15.9 Å². The highest BCUT2D eigenvalue weighted by atomic mass is 79.9. The topological polar surface area (TPSA) is 26.3 Å². The van der Waals surface area contributed by atoms with Crippen LogP contribution in [-0.2, 0) is 0 Å². The first-order valence-electron chi connectivity index (χ1n) is 4.74. The number of thiophene rings is 1. The molecule has 2 aromatic rings. The van der Waals surface area contributed by atoms with E-state index in [-0.39, 0.29) is 11.3 Å². The number of carbonyl (C=O) groups is 1. The minimum Gasteiger partial charge on any atom is -0.496 e. The maximum atomic E-state index is 13.5. The van der Waals surface area contributed by atoms with Gasteiger partial charge in [-0.3, -0.25) is 4.79 Å². The lowest BCUT2D eigenvalue weighted by Crippen LogP contribution is -2.02. The van der Waals surface area contributed by atoms with E-state index >= 15 is 0 Å². The Morgan fingerprint density at radius 1 is 1.41 bits per heavy atom. The molecule has 0 bridgehead atoms. The predicted molar refractivity (Wildman–Crippen MR) is 68.4 cm³/mol. The van der Waals surface area contributed by atoms with Crippen molar-refractivity contribution in [1.29, 1.82) is 0 Å². The highest BCUT2D eigenvalue weighted by Crippen LogP contribution is 2.25. The molecule has 2 nitrogen and oxygen atoms in total. The Kier molecular flexibility index (Phi) is 3.59. The highest BCUT2D eigenvalue weighted by molar-refractivity contribution is 9.10. The van der Waals surface area contributed by atoms with Crippen LogP contribution in [0.25, 0.3) is 0 Å². The minimum atomic E-state index is -0.523. The van der Waals surface area contributed by atoms with E-state index < -0.39 is 5.82 Å². The molecule has 0 aliphatic heterocycles. The van der Waals surface area contributed by atoms with E-state index in [2.05, 4.69) is 15.9 Å². The van der Waals surface area contributed by atoms with Gasteiger partial charge in [0.05, 0.1) is 17.6 Å². The third-order valence-corrected chi connectivity index (χ3v) is 3.61. The molecule has 2 rings (SSSR count). The van der Waals surface area contributed by atoms with Crippen molar-refractivity contribution in [1.82, 2.24) is 0 Å². The maximum Gasteiger partial charge on any atom is 0.206 e. The largest absolute Gasteiger partial charge is 0.496 e. The fourth-order valence-corrected chi connectivity index (χ4v) is 2.52. The zero-order valence-corrected chi connectivity index (χ0v) is 11.3.